The molecular weight excluding hydrogens is 558 g/mol. The molecule has 0 radical (unpaired) electrons. The summed E-state index contributed by atoms with van der Waals surface area (Å²) >= 11 is 0. The molecule has 2 aromatic carbocycles. The van der Waals surface area contributed by atoms with Crippen molar-refractivity contribution in [2.75, 3.05) is 44.3 Å². The summed E-state index contributed by atoms with van der Waals surface area (Å²) in [6, 6.07) is 16.9. The Balaban J connectivity index is 1.00. The minimum Gasteiger partial charge on any atom is -0.490 e. The van der Waals surface area contributed by atoms with Gasteiger partial charge in [0.15, 0.2) is 0 Å². The van der Waals surface area contributed by atoms with Gasteiger partial charge in [-0.3, -0.25) is 9.47 Å². The molecule has 1 aromatic heterocycles. The van der Waals surface area contributed by atoms with Crippen molar-refractivity contribution in [3.63, 3.8) is 0 Å². The van der Waals surface area contributed by atoms with Crippen LogP contribution in [0.2, 0.25) is 0 Å². The van der Waals surface area contributed by atoms with Crippen LogP contribution in [-0.4, -0.2) is 64.9 Å². The molecule has 10 heteroatoms. The fraction of sp³-hybridized carbons (Fsp3) is 0.441. The molecular formula is C34H43N5O5. The number of aromatic nitrogens is 2. The molecule has 5 rings (SSSR count). The zero-order valence-corrected chi connectivity index (χ0v) is 26.0. The van der Waals surface area contributed by atoms with Gasteiger partial charge in [-0.25, -0.2) is 0 Å². The van der Waals surface area contributed by atoms with E-state index in [1.165, 1.54) is 28.6 Å². The lowest BCUT2D eigenvalue weighted by atomic mass is 10.1. The first-order valence-electron chi connectivity index (χ1n) is 15.4. The molecule has 234 valence electrons. The molecule has 10 nitrogen and oxygen atoms in total. The zero-order chi connectivity index (χ0) is 30.9. The molecule has 0 saturated carbocycles. The van der Waals surface area contributed by atoms with Gasteiger partial charge in [-0.05, 0) is 86.6 Å². The Morgan fingerprint density at radius 2 is 1.68 bits per heavy atom. The highest BCUT2D eigenvalue weighted by atomic mass is 16.6. The van der Waals surface area contributed by atoms with E-state index in [1.54, 1.807) is 4.57 Å². The Bertz CT molecular complexity index is 1440. The highest BCUT2D eigenvalue weighted by Gasteiger charge is 2.28. The van der Waals surface area contributed by atoms with E-state index in [9.17, 15) is 10.1 Å². The molecule has 0 bridgehead atoms. The van der Waals surface area contributed by atoms with Gasteiger partial charge in [0, 0.05) is 56.4 Å². The maximum Gasteiger partial charge on any atom is 0.414 e. The van der Waals surface area contributed by atoms with Gasteiger partial charge in [0.25, 0.3) is 0 Å². The van der Waals surface area contributed by atoms with Gasteiger partial charge in [0.05, 0.1) is 0 Å². The van der Waals surface area contributed by atoms with Gasteiger partial charge in [0.2, 0.25) is 0 Å². The van der Waals surface area contributed by atoms with Crippen LogP contribution in [0.5, 0.6) is 17.5 Å². The SMILES string of the molecule is CC(C)=CCCC(C)=CCOc1ccc(CN2CCN(c3ccc(OC[C@H]4CCn5cc([N+](=O)[O-])nc5O4)cc3)CC2)cc1. The predicted molar refractivity (Wildman–Crippen MR) is 172 cm³/mol. The maximum absolute atomic E-state index is 11.0. The van der Waals surface area contributed by atoms with E-state index in [-0.39, 0.29) is 17.9 Å². The fourth-order valence-electron chi connectivity index (χ4n) is 5.36. The number of nitrogens with zero attached hydrogens (tertiary/aromatic N) is 5. The average molecular weight is 602 g/mol. The van der Waals surface area contributed by atoms with Crippen molar-refractivity contribution in [2.24, 2.45) is 0 Å². The lowest BCUT2D eigenvalue weighted by Crippen LogP contribution is -2.45. The van der Waals surface area contributed by atoms with Gasteiger partial charge in [-0.1, -0.05) is 29.4 Å². The number of hydrogen-bond acceptors (Lipinski definition) is 8. The second-order valence-electron chi connectivity index (χ2n) is 11.8. The minimum atomic E-state index is -0.508. The Hall–Kier alpha value is -4.31. The van der Waals surface area contributed by atoms with Crippen molar-refractivity contribution in [2.45, 2.75) is 59.2 Å². The van der Waals surface area contributed by atoms with Crippen molar-refractivity contribution in [1.29, 1.82) is 0 Å². The Morgan fingerprint density at radius 1 is 0.977 bits per heavy atom. The maximum atomic E-state index is 11.0. The van der Waals surface area contributed by atoms with Gasteiger partial charge in [-0.2, -0.15) is 0 Å². The average Bonchev–Trinajstić information content (AvgIpc) is 3.46. The Kier molecular flexibility index (Phi) is 10.6. The molecule has 44 heavy (non-hydrogen) atoms. The molecule has 2 aliphatic rings. The molecule has 1 saturated heterocycles. The van der Waals surface area contributed by atoms with Crippen LogP contribution in [0, 0.1) is 10.1 Å². The van der Waals surface area contributed by atoms with Gasteiger partial charge in [0.1, 0.15) is 37.0 Å². The smallest absolute Gasteiger partial charge is 0.414 e. The highest BCUT2D eigenvalue weighted by Crippen LogP contribution is 2.26. The van der Waals surface area contributed by atoms with Crippen molar-refractivity contribution >= 4 is 11.5 Å². The van der Waals surface area contributed by atoms with Crippen LogP contribution < -0.4 is 19.1 Å². The molecule has 1 atom stereocenters. The molecule has 0 amide bonds. The van der Waals surface area contributed by atoms with Gasteiger partial charge >= 0.3 is 11.8 Å². The number of aryl methyl sites for hydroxylation is 1. The monoisotopic (exact) mass is 601 g/mol. The number of rotatable bonds is 13. The van der Waals surface area contributed by atoms with E-state index in [2.05, 4.69) is 84.1 Å². The quantitative estimate of drug-likeness (QED) is 0.126. The summed E-state index contributed by atoms with van der Waals surface area (Å²) in [4.78, 5) is 19.3. The number of anilines is 1. The second kappa shape index (κ2) is 14.9. The first kappa shape index (κ1) is 31.1. The third-order valence-electron chi connectivity index (χ3n) is 7.99. The normalized spacial score (nSPS) is 17.0. The van der Waals surface area contributed by atoms with Crippen molar-refractivity contribution in [3.8, 4) is 17.5 Å². The van der Waals surface area contributed by atoms with Crippen LogP contribution in [0.25, 0.3) is 0 Å². The van der Waals surface area contributed by atoms with E-state index in [1.807, 2.05) is 12.1 Å². The van der Waals surface area contributed by atoms with Gasteiger partial charge < -0.3 is 29.2 Å². The standard InChI is InChI=1S/C34H43N5O5/c1-26(2)5-4-6-27(3)16-22-42-30-11-7-28(8-12-30)23-36-18-20-37(21-19-36)29-9-13-31(14-10-29)43-25-32-15-17-38-24-33(39(40)41)35-34(38)44-32/h5,7-14,16,24,32H,4,6,15,17-23,25H2,1-3H3/t32-/m1/s1. The number of imidazole rings is 1. The summed E-state index contributed by atoms with van der Waals surface area (Å²) in [5.74, 6) is 1.48. The lowest BCUT2D eigenvalue weighted by molar-refractivity contribution is -0.389. The summed E-state index contributed by atoms with van der Waals surface area (Å²) in [6.07, 6.45) is 8.52. The lowest BCUT2D eigenvalue weighted by Gasteiger charge is -2.36. The van der Waals surface area contributed by atoms with E-state index < -0.39 is 4.92 Å². The third-order valence-corrected chi connectivity index (χ3v) is 7.99. The van der Waals surface area contributed by atoms with Gasteiger partial charge in [-0.15, -0.1) is 0 Å². The first-order chi connectivity index (χ1) is 21.3. The number of ether oxygens (including phenoxy) is 3. The molecule has 0 unspecified atom stereocenters. The molecule has 3 aromatic rings. The molecule has 0 aliphatic carbocycles. The summed E-state index contributed by atoms with van der Waals surface area (Å²) < 4.78 is 19.4. The topological polar surface area (TPSA) is 95.1 Å². The number of hydrogen-bond donors (Lipinski definition) is 0. The Labute approximate surface area is 259 Å². The summed E-state index contributed by atoms with van der Waals surface area (Å²) in [6.45, 7) is 12.9. The number of allylic oxidation sites excluding steroid dienone is 3. The fourth-order valence-corrected chi connectivity index (χ4v) is 5.36. The van der Waals surface area contributed by atoms with Crippen LogP contribution in [0.15, 0.2) is 78.0 Å². The molecule has 2 aliphatic heterocycles. The van der Waals surface area contributed by atoms with E-state index in [0.29, 0.717) is 26.2 Å². The number of benzene rings is 2. The molecule has 1 fully saturated rings. The molecule has 0 N–H and O–H groups in total. The molecule has 0 spiro atoms. The van der Waals surface area contributed by atoms with Crippen LogP contribution in [0.1, 0.15) is 45.6 Å². The third kappa shape index (κ3) is 8.86. The zero-order valence-electron chi connectivity index (χ0n) is 26.0. The van der Waals surface area contributed by atoms with Crippen molar-refractivity contribution in [3.05, 3.63) is 93.7 Å². The highest BCUT2D eigenvalue weighted by molar-refractivity contribution is 5.49. The van der Waals surface area contributed by atoms with E-state index in [4.69, 9.17) is 14.2 Å². The Morgan fingerprint density at radius 3 is 2.39 bits per heavy atom. The number of fused-ring (bicyclic) bond motifs is 1. The predicted octanol–water partition coefficient (Wildman–Crippen LogP) is 6.42. The van der Waals surface area contributed by atoms with Crippen LogP contribution >= 0.6 is 0 Å². The second-order valence-corrected chi connectivity index (χ2v) is 11.8. The summed E-state index contributed by atoms with van der Waals surface area (Å²) in [5.41, 5.74) is 5.21. The van der Waals surface area contributed by atoms with Crippen LogP contribution in [0.4, 0.5) is 11.5 Å². The van der Waals surface area contributed by atoms with Crippen molar-refractivity contribution < 1.29 is 19.1 Å². The summed E-state index contributed by atoms with van der Waals surface area (Å²) in [5, 5.41) is 11.0. The minimum absolute atomic E-state index is 0.196. The van der Waals surface area contributed by atoms with E-state index >= 15 is 0 Å². The molecule has 3 heterocycles. The number of piperazine rings is 1. The largest absolute Gasteiger partial charge is 0.490 e. The van der Waals surface area contributed by atoms with E-state index in [0.717, 1.165) is 57.1 Å². The summed E-state index contributed by atoms with van der Waals surface area (Å²) in [7, 11) is 0. The van der Waals surface area contributed by atoms with Crippen LogP contribution in [0.3, 0.4) is 0 Å². The van der Waals surface area contributed by atoms with Crippen LogP contribution in [-0.2, 0) is 13.1 Å². The first-order valence-corrected chi connectivity index (χ1v) is 15.4. The van der Waals surface area contributed by atoms with Crippen molar-refractivity contribution in [1.82, 2.24) is 14.5 Å². The number of nitro groups is 1.